The van der Waals surface area contributed by atoms with Crippen molar-refractivity contribution in [1.29, 1.82) is 0 Å². The van der Waals surface area contributed by atoms with E-state index in [1.54, 1.807) is 18.2 Å². The third kappa shape index (κ3) is 2.77. The first-order valence-corrected chi connectivity index (χ1v) is 8.08. The number of nitrogens with zero attached hydrogens (tertiary/aromatic N) is 1. The van der Waals surface area contributed by atoms with Crippen LogP contribution in [0.2, 0.25) is 0 Å². The molecule has 1 atom stereocenters. The number of alkyl halides is 1. The highest BCUT2D eigenvalue weighted by atomic mass is 79.9. The van der Waals surface area contributed by atoms with Gasteiger partial charge in [-0.25, -0.2) is 0 Å². The standard InChI is InChI=1S/C14H15Br2NO2/c1-8(2)9(6-15)7-17-13(18)11-4-3-10(16)5-12(11)14(17)19/h3-5,8-9H,6-7H2,1-2H3. The van der Waals surface area contributed by atoms with Crippen molar-refractivity contribution in [2.24, 2.45) is 11.8 Å². The number of imide groups is 1. The molecule has 0 bridgehead atoms. The minimum absolute atomic E-state index is 0.181. The van der Waals surface area contributed by atoms with Crippen molar-refractivity contribution in [3.05, 3.63) is 33.8 Å². The molecule has 1 aromatic rings. The minimum Gasteiger partial charge on any atom is -0.274 e. The molecular formula is C14H15Br2NO2. The Labute approximate surface area is 129 Å². The SMILES string of the molecule is CC(C)C(CBr)CN1C(=O)c2ccc(Br)cc2C1=O. The highest BCUT2D eigenvalue weighted by Gasteiger charge is 2.36. The Morgan fingerprint density at radius 1 is 1.16 bits per heavy atom. The fraction of sp³-hybridized carbons (Fsp3) is 0.429. The Kier molecular flexibility index (Phi) is 4.46. The van der Waals surface area contributed by atoms with Crippen molar-refractivity contribution < 1.29 is 9.59 Å². The van der Waals surface area contributed by atoms with E-state index in [-0.39, 0.29) is 17.7 Å². The molecule has 0 N–H and O–H groups in total. The molecule has 2 amide bonds. The lowest BCUT2D eigenvalue weighted by atomic mass is 9.97. The highest BCUT2D eigenvalue weighted by molar-refractivity contribution is 9.10. The van der Waals surface area contributed by atoms with Crippen molar-refractivity contribution in [2.75, 3.05) is 11.9 Å². The van der Waals surface area contributed by atoms with E-state index < -0.39 is 0 Å². The van der Waals surface area contributed by atoms with Crippen molar-refractivity contribution in [2.45, 2.75) is 13.8 Å². The van der Waals surface area contributed by atoms with Crippen LogP contribution in [0.4, 0.5) is 0 Å². The van der Waals surface area contributed by atoms with Gasteiger partial charge in [0.2, 0.25) is 0 Å². The van der Waals surface area contributed by atoms with E-state index >= 15 is 0 Å². The summed E-state index contributed by atoms with van der Waals surface area (Å²) < 4.78 is 0.815. The summed E-state index contributed by atoms with van der Waals surface area (Å²) in [5.74, 6) is 0.313. The minimum atomic E-state index is -0.187. The maximum atomic E-state index is 12.3. The molecular weight excluding hydrogens is 374 g/mol. The summed E-state index contributed by atoms with van der Waals surface area (Å²) in [7, 11) is 0. The summed E-state index contributed by atoms with van der Waals surface area (Å²) in [5, 5.41) is 0.780. The van der Waals surface area contributed by atoms with Gasteiger partial charge in [-0.2, -0.15) is 0 Å². The van der Waals surface area contributed by atoms with E-state index in [1.807, 2.05) is 0 Å². The molecule has 1 heterocycles. The lowest BCUT2D eigenvalue weighted by molar-refractivity contribution is 0.0623. The first kappa shape index (κ1) is 14.7. The van der Waals surface area contributed by atoms with E-state index in [4.69, 9.17) is 0 Å². The van der Waals surface area contributed by atoms with Crippen LogP contribution in [0.1, 0.15) is 34.6 Å². The predicted molar refractivity (Wildman–Crippen MR) is 81.6 cm³/mol. The summed E-state index contributed by atoms with van der Waals surface area (Å²) in [4.78, 5) is 25.9. The molecule has 1 aliphatic heterocycles. The van der Waals surface area contributed by atoms with Gasteiger partial charge in [0.25, 0.3) is 11.8 Å². The second kappa shape index (κ2) is 5.75. The molecule has 0 aliphatic carbocycles. The van der Waals surface area contributed by atoms with Crippen LogP contribution in [0, 0.1) is 11.8 Å². The Morgan fingerprint density at radius 2 is 1.79 bits per heavy atom. The number of rotatable bonds is 4. The number of fused-ring (bicyclic) bond motifs is 1. The third-order valence-corrected chi connectivity index (χ3v) is 4.82. The number of benzene rings is 1. The number of amides is 2. The zero-order valence-corrected chi connectivity index (χ0v) is 14.0. The largest absolute Gasteiger partial charge is 0.274 e. The van der Waals surface area contributed by atoms with Crippen molar-refractivity contribution in [3.63, 3.8) is 0 Å². The summed E-state index contributed by atoms with van der Waals surface area (Å²) in [6.45, 7) is 4.66. The van der Waals surface area contributed by atoms with Crippen LogP contribution in [-0.4, -0.2) is 28.6 Å². The van der Waals surface area contributed by atoms with Gasteiger partial charge in [-0.1, -0.05) is 45.7 Å². The number of hydrogen-bond donors (Lipinski definition) is 0. The lowest BCUT2D eigenvalue weighted by Gasteiger charge is -2.23. The van der Waals surface area contributed by atoms with Crippen molar-refractivity contribution >= 4 is 43.7 Å². The average molecular weight is 389 g/mol. The van der Waals surface area contributed by atoms with Gasteiger partial charge in [-0.05, 0) is 30.0 Å². The summed E-state index contributed by atoms with van der Waals surface area (Å²) in [5.41, 5.74) is 1.00. The smallest absolute Gasteiger partial charge is 0.261 e. The van der Waals surface area contributed by atoms with E-state index in [0.29, 0.717) is 23.6 Å². The molecule has 3 nitrogen and oxygen atoms in total. The maximum Gasteiger partial charge on any atom is 0.261 e. The normalized spacial score (nSPS) is 16.2. The van der Waals surface area contributed by atoms with E-state index in [2.05, 4.69) is 45.7 Å². The van der Waals surface area contributed by atoms with Gasteiger partial charge < -0.3 is 0 Å². The Hall–Kier alpha value is -0.680. The molecule has 0 aromatic heterocycles. The van der Waals surface area contributed by atoms with E-state index in [9.17, 15) is 9.59 Å². The Bertz CT molecular complexity index is 528. The van der Waals surface area contributed by atoms with Crippen LogP contribution in [-0.2, 0) is 0 Å². The summed E-state index contributed by atoms with van der Waals surface area (Å²) >= 11 is 6.78. The van der Waals surface area contributed by atoms with E-state index in [0.717, 1.165) is 9.80 Å². The summed E-state index contributed by atoms with van der Waals surface area (Å²) in [6.07, 6.45) is 0. The quantitative estimate of drug-likeness (QED) is 0.582. The topological polar surface area (TPSA) is 37.4 Å². The Balaban J connectivity index is 2.27. The third-order valence-electron chi connectivity index (χ3n) is 3.49. The molecule has 1 aromatic carbocycles. The lowest BCUT2D eigenvalue weighted by Crippen LogP contribution is -2.36. The van der Waals surface area contributed by atoms with E-state index in [1.165, 1.54) is 4.90 Å². The molecule has 0 saturated heterocycles. The highest BCUT2D eigenvalue weighted by Crippen LogP contribution is 2.28. The number of halogens is 2. The zero-order valence-electron chi connectivity index (χ0n) is 10.8. The first-order valence-electron chi connectivity index (χ1n) is 6.17. The predicted octanol–water partition coefficient (Wildman–Crippen LogP) is 3.71. The van der Waals surface area contributed by atoms with Gasteiger partial charge in [-0.15, -0.1) is 0 Å². The van der Waals surface area contributed by atoms with Gasteiger partial charge in [0.15, 0.2) is 0 Å². The van der Waals surface area contributed by atoms with Gasteiger partial charge in [0, 0.05) is 16.3 Å². The number of hydrogen-bond acceptors (Lipinski definition) is 2. The average Bonchev–Trinajstić information content (AvgIpc) is 2.59. The van der Waals surface area contributed by atoms with Crippen LogP contribution in [0.5, 0.6) is 0 Å². The van der Waals surface area contributed by atoms with Gasteiger partial charge in [-0.3, -0.25) is 14.5 Å². The number of carbonyl (C=O) groups excluding carboxylic acids is 2. The monoisotopic (exact) mass is 387 g/mol. The fourth-order valence-electron chi connectivity index (χ4n) is 2.10. The molecule has 5 heteroatoms. The molecule has 1 aliphatic rings. The molecule has 0 radical (unpaired) electrons. The fourth-order valence-corrected chi connectivity index (χ4v) is 3.41. The van der Waals surface area contributed by atoms with Crippen LogP contribution >= 0.6 is 31.9 Å². The molecule has 0 spiro atoms. The second-order valence-electron chi connectivity index (χ2n) is 5.07. The van der Waals surface area contributed by atoms with Gasteiger partial charge in [0.1, 0.15) is 0 Å². The maximum absolute atomic E-state index is 12.3. The Morgan fingerprint density at radius 3 is 2.37 bits per heavy atom. The van der Waals surface area contributed by atoms with Crippen molar-refractivity contribution in [1.82, 2.24) is 4.90 Å². The molecule has 102 valence electrons. The van der Waals surface area contributed by atoms with Crippen molar-refractivity contribution in [3.8, 4) is 0 Å². The van der Waals surface area contributed by atoms with Crippen LogP contribution in [0.25, 0.3) is 0 Å². The van der Waals surface area contributed by atoms with Crippen LogP contribution in [0.3, 0.4) is 0 Å². The van der Waals surface area contributed by atoms with Crippen LogP contribution < -0.4 is 0 Å². The second-order valence-corrected chi connectivity index (χ2v) is 6.63. The number of carbonyl (C=O) groups is 2. The molecule has 2 rings (SSSR count). The summed E-state index contributed by atoms with van der Waals surface area (Å²) in [6, 6.07) is 5.21. The molecule has 1 unspecified atom stereocenters. The molecule has 0 saturated carbocycles. The van der Waals surface area contributed by atoms with Gasteiger partial charge >= 0.3 is 0 Å². The molecule has 0 fully saturated rings. The molecule has 19 heavy (non-hydrogen) atoms. The zero-order chi connectivity index (χ0) is 14.2. The first-order chi connectivity index (χ1) is 8.95. The van der Waals surface area contributed by atoms with Crippen LogP contribution in [0.15, 0.2) is 22.7 Å². The van der Waals surface area contributed by atoms with Gasteiger partial charge in [0.05, 0.1) is 11.1 Å².